The molecule has 23 heavy (non-hydrogen) atoms. The van der Waals surface area contributed by atoms with Crippen LogP contribution >= 0.6 is 0 Å². The van der Waals surface area contributed by atoms with Gasteiger partial charge in [0, 0.05) is 19.2 Å². The number of amides is 1. The van der Waals surface area contributed by atoms with Crippen molar-refractivity contribution in [3.63, 3.8) is 0 Å². The summed E-state index contributed by atoms with van der Waals surface area (Å²) >= 11 is 0. The maximum Gasteiger partial charge on any atom is 0.308 e. The molecule has 0 fully saturated rings. The van der Waals surface area contributed by atoms with E-state index < -0.39 is 11.9 Å². The van der Waals surface area contributed by atoms with Crippen molar-refractivity contribution in [2.75, 3.05) is 27.3 Å². The molecule has 0 radical (unpaired) electrons. The van der Waals surface area contributed by atoms with Crippen molar-refractivity contribution < 1.29 is 24.2 Å². The van der Waals surface area contributed by atoms with Gasteiger partial charge in [0.25, 0.3) is 5.91 Å². The van der Waals surface area contributed by atoms with Crippen LogP contribution in [0.4, 0.5) is 0 Å². The molecule has 1 atom stereocenters. The van der Waals surface area contributed by atoms with Gasteiger partial charge in [-0.15, -0.1) is 0 Å². The Morgan fingerprint density at radius 2 is 2.00 bits per heavy atom. The van der Waals surface area contributed by atoms with Crippen LogP contribution in [0.3, 0.4) is 0 Å². The SMILES string of the molecule is CCCCOc1ccc(C(=O)N(C)C[C@@H](C)C(=O)O)cc1OC. The molecule has 1 rings (SSSR count). The fourth-order valence-electron chi connectivity index (χ4n) is 2.04. The molecule has 0 bridgehead atoms. The third-order valence-corrected chi connectivity index (χ3v) is 3.48. The molecule has 0 aliphatic rings. The molecule has 0 spiro atoms. The number of carbonyl (C=O) groups is 2. The molecular weight excluding hydrogens is 298 g/mol. The third kappa shape index (κ3) is 5.47. The van der Waals surface area contributed by atoms with E-state index in [2.05, 4.69) is 6.92 Å². The predicted octanol–water partition coefficient (Wildman–Crippen LogP) is 2.67. The van der Waals surface area contributed by atoms with Crippen LogP contribution in [0.25, 0.3) is 0 Å². The summed E-state index contributed by atoms with van der Waals surface area (Å²) in [5.41, 5.74) is 0.435. The molecule has 1 amide bonds. The van der Waals surface area contributed by atoms with Crippen LogP contribution in [0.5, 0.6) is 11.5 Å². The van der Waals surface area contributed by atoms with Gasteiger partial charge < -0.3 is 19.5 Å². The van der Waals surface area contributed by atoms with E-state index in [0.717, 1.165) is 12.8 Å². The van der Waals surface area contributed by atoms with E-state index in [1.807, 2.05) is 0 Å². The number of hydrogen-bond donors (Lipinski definition) is 1. The van der Waals surface area contributed by atoms with Crippen LogP contribution in [-0.2, 0) is 4.79 Å². The lowest BCUT2D eigenvalue weighted by Crippen LogP contribution is -2.33. The highest BCUT2D eigenvalue weighted by molar-refractivity contribution is 5.95. The Labute approximate surface area is 137 Å². The Morgan fingerprint density at radius 3 is 2.57 bits per heavy atom. The Morgan fingerprint density at radius 1 is 1.30 bits per heavy atom. The average Bonchev–Trinajstić information content (AvgIpc) is 2.54. The van der Waals surface area contributed by atoms with Crippen molar-refractivity contribution in [3.8, 4) is 11.5 Å². The van der Waals surface area contributed by atoms with Crippen LogP contribution in [0.2, 0.25) is 0 Å². The molecule has 0 saturated carbocycles. The summed E-state index contributed by atoms with van der Waals surface area (Å²) in [6.07, 6.45) is 1.98. The van der Waals surface area contributed by atoms with Gasteiger partial charge in [-0.2, -0.15) is 0 Å². The van der Waals surface area contributed by atoms with E-state index >= 15 is 0 Å². The van der Waals surface area contributed by atoms with Crippen molar-refractivity contribution in [1.29, 1.82) is 0 Å². The lowest BCUT2D eigenvalue weighted by molar-refractivity contribution is -0.141. The Bertz CT molecular complexity index is 544. The minimum absolute atomic E-state index is 0.144. The fraction of sp³-hybridized carbons (Fsp3) is 0.529. The van der Waals surface area contributed by atoms with Crippen LogP contribution in [-0.4, -0.2) is 49.2 Å². The van der Waals surface area contributed by atoms with Crippen LogP contribution in [0.1, 0.15) is 37.0 Å². The first-order chi connectivity index (χ1) is 10.9. The minimum atomic E-state index is -0.929. The standard InChI is InChI=1S/C17H25NO5/c1-5-6-9-23-14-8-7-13(10-15(14)22-4)16(19)18(3)11-12(2)17(20)21/h7-8,10,12H,5-6,9,11H2,1-4H3,(H,20,21)/t12-/m1/s1. The molecule has 6 heteroatoms. The molecule has 1 aromatic carbocycles. The second-order valence-electron chi connectivity index (χ2n) is 5.49. The number of carboxylic acid groups (broad SMARTS) is 1. The number of aliphatic carboxylic acids is 1. The quantitative estimate of drug-likeness (QED) is 0.707. The largest absolute Gasteiger partial charge is 0.493 e. The smallest absolute Gasteiger partial charge is 0.308 e. The number of benzene rings is 1. The summed E-state index contributed by atoms with van der Waals surface area (Å²) in [6.45, 7) is 4.38. The van der Waals surface area contributed by atoms with Crippen LogP contribution in [0, 0.1) is 5.92 Å². The van der Waals surface area contributed by atoms with Gasteiger partial charge in [-0.3, -0.25) is 9.59 Å². The van der Waals surface area contributed by atoms with Gasteiger partial charge in [-0.05, 0) is 24.6 Å². The van der Waals surface area contributed by atoms with Gasteiger partial charge in [0.15, 0.2) is 11.5 Å². The van der Waals surface area contributed by atoms with Crippen LogP contribution in [0.15, 0.2) is 18.2 Å². The number of unbranched alkanes of at least 4 members (excludes halogenated alkanes) is 1. The molecule has 128 valence electrons. The lowest BCUT2D eigenvalue weighted by Gasteiger charge is -2.20. The summed E-state index contributed by atoms with van der Waals surface area (Å²) in [5.74, 6) is -0.716. The van der Waals surface area contributed by atoms with E-state index in [4.69, 9.17) is 14.6 Å². The number of hydrogen-bond acceptors (Lipinski definition) is 4. The molecule has 0 heterocycles. The molecule has 0 unspecified atom stereocenters. The summed E-state index contributed by atoms with van der Waals surface area (Å²) in [4.78, 5) is 24.7. The van der Waals surface area contributed by atoms with E-state index in [1.165, 1.54) is 12.0 Å². The second-order valence-corrected chi connectivity index (χ2v) is 5.49. The van der Waals surface area contributed by atoms with Crippen molar-refractivity contribution in [3.05, 3.63) is 23.8 Å². The number of carboxylic acids is 1. The maximum absolute atomic E-state index is 12.4. The first kappa shape index (κ1) is 18.8. The molecule has 0 saturated heterocycles. The van der Waals surface area contributed by atoms with Crippen molar-refractivity contribution >= 4 is 11.9 Å². The number of carbonyl (C=O) groups excluding carboxylic acids is 1. The summed E-state index contributed by atoms with van der Waals surface area (Å²) in [7, 11) is 3.10. The fourth-order valence-corrected chi connectivity index (χ4v) is 2.04. The van der Waals surface area contributed by atoms with E-state index in [9.17, 15) is 9.59 Å². The number of rotatable bonds is 9. The van der Waals surface area contributed by atoms with Gasteiger partial charge >= 0.3 is 5.97 Å². The topological polar surface area (TPSA) is 76.1 Å². The third-order valence-electron chi connectivity index (χ3n) is 3.48. The molecule has 0 aromatic heterocycles. The number of nitrogens with zero attached hydrogens (tertiary/aromatic N) is 1. The average molecular weight is 323 g/mol. The predicted molar refractivity (Wildman–Crippen MR) is 87.2 cm³/mol. The van der Waals surface area contributed by atoms with Gasteiger partial charge in [0.05, 0.1) is 19.6 Å². The first-order valence-corrected chi connectivity index (χ1v) is 7.69. The molecule has 0 aliphatic heterocycles. The Hall–Kier alpha value is -2.24. The Kier molecular flexibility index (Phi) is 7.38. The molecule has 1 N–H and O–H groups in total. The monoisotopic (exact) mass is 323 g/mol. The number of methoxy groups -OCH3 is 1. The van der Waals surface area contributed by atoms with Gasteiger partial charge in [0.2, 0.25) is 0 Å². The van der Waals surface area contributed by atoms with Crippen molar-refractivity contribution in [2.45, 2.75) is 26.7 Å². The second kappa shape index (κ2) is 9.02. The van der Waals surface area contributed by atoms with Crippen molar-refractivity contribution in [2.24, 2.45) is 5.92 Å². The van der Waals surface area contributed by atoms with Crippen LogP contribution < -0.4 is 9.47 Å². The highest BCUT2D eigenvalue weighted by Gasteiger charge is 2.19. The summed E-state index contributed by atoms with van der Waals surface area (Å²) in [6, 6.07) is 4.98. The normalized spacial score (nSPS) is 11.7. The van der Waals surface area contributed by atoms with Crippen molar-refractivity contribution in [1.82, 2.24) is 4.90 Å². The van der Waals surface area contributed by atoms with E-state index in [1.54, 1.807) is 32.2 Å². The van der Waals surface area contributed by atoms with E-state index in [0.29, 0.717) is 23.7 Å². The zero-order chi connectivity index (χ0) is 17.4. The molecule has 1 aromatic rings. The van der Waals surface area contributed by atoms with Gasteiger partial charge in [0.1, 0.15) is 0 Å². The molecular formula is C17H25NO5. The zero-order valence-corrected chi connectivity index (χ0v) is 14.2. The highest BCUT2D eigenvalue weighted by Crippen LogP contribution is 2.28. The first-order valence-electron chi connectivity index (χ1n) is 7.69. The lowest BCUT2D eigenvalue weighted by atomic mass is 10.1. The van der Waals surface area contributed by atoms with Gasteiger partial charge in [-0.25, -0.2) is 0 Å². The number of ether oxygens (including phenoxy) is 2. The maximum atomic E-state index is 12.4. The van der Waals surface area contributed by atoms with E-state index in [-0.39, 0.29) is 12.5 Å². The molecule has 0 aliphatic carbocycles. The zero-order valence-electron chi connectivity index (χ0n) is 14.2. The summed E-state index contributed by atoms with van der Waals surface area (Å²) < 4.78 is 10.9. The van der Waals surface area contributed by atoms with Gasteiger partial charge in [-0.1, -0.05) is 20.3 Å². The minimum Gasteiger partial charge on any atom is -0.493 e. The Balaban J connectivity index is 2.83. The highest BCUT2D eigenvalue weighted by atomic mass is 16.5. The summed E-state index contributed by atoms with van der Waals surface area (Å²) in [5, 5.41) is 8.93. The molecule has 6 nitrogen and oxygen atoms in total.